The number of ether oxygens (including phenoxy) is 2. The number of hydrogen-bond acceptors (Lipinski definition) is 8. The van der Waals surface area contributed by atoms with Crippen LogP contribution in [-0.2, 0) is 4.74 Å². The summed E-state index contributed by atoms with van der Waals surface area (Å²) in [7, 11) is 0. The van der Waals surface area contributed by atoms with Crippen LogP contribution in [0.25, 0.3) is 10.6 Å². The summed E-state index contributed by atoms with van der Waals surface area (Å²) < 4.78 is 11.0. The highest BCUT2D eigenvalue weighted by molar-refractivity contribution is 7.17. The van der Waals surface area contributed by atoms with E-state index in [4.69, 9.17) is 9.47 Å². The first-order valence-electron chi connectivity index (χ1n) is 9.51. The quantitative estimate of drug-likeness (QED) is 0.670. The molecule has 3 rings (SSSR count). The van der Waals surface area contributed by atoms with Crippen LogP contribution in [0.3, 0.4) is 0 Å². The standard InChI is InChI=1S/C20H25N5O3S/c1-13(2)12-28-17-5-4-15(10-16(17)11-21)20-22-14(3)18(29-20)19(26)23-24-25-6-8-27-9-7-25/h4-5,10,13,24H,6-9,12H2,1-3H3,(H,23,26). The van der Waals surface area contributed by atoms with Gasteiger partial charge in [0.15, 0.2) is 0 Å². The van der Waals surface area contributed by atoms with Gasteiger partial charge in [0.1, 0.15) is 21.7 Å². The van der Waals surface area contributed by atoms with E-state index in [-0.39, 0.29) is 5.91 Å². The van der Waals surface area contributed by atoms with E-state index in [9.17, 15) is 10.1 Å². The van der Waals surface area contributed by atoms with E-state index >= 15 is 0 Å². The Morgan fingerprint density at radius 2 is 2.17 bits per heavy atom. The lowest BCUT2D eigenvalue weighted by atomic mass is 10.1. The fraction of sp³-hybridized carbons (Fsp3) is 0.450. The molecular weight excluding hydrogens is 390 g/mol. The van der Waals surface area contributed by atoms with Crippen molar-refractivity contribution < 1.29 is 14.3 Å². The number of nitrogens with zero attached hydrogens (tertiary/aromatic N) is 3. The summed E-state index contributed by atoms with van der Waals surface area (Å²) in [6.45, 7) is 9.12. The molecule has 2 aromatic rings. The second kappa shape index (κ2) is 9.80. The van der Waals surface area contributed by atoms with Crippen LogP contribution < -0.4 is 15.7 Å². The lowest BCUT2D eigenvalue weighted by Gasteiger charge is -2.26. The van der Waals surface area contributed by atoms with Crippen LogP contribution in [0.4, 0.5) is 0 Å². The van der Waals surface area contributed by atoms with E-state index in [1.54, 1.807) is 19.1 Å². The first kappa shape index (κ1) is 21.2. The minimum atomic E-state index is -0.241. The van der Waals surface area contributed by atoms with Crippen LogP contribution in [0.5, 0.6) is 5.75 Å². The summed E-state index contributed by atoms with van der Waals surface area (Å²) in [5, 5.41) is 12.0. The third-order valence-electron chi connectivity index (χ3n) is 4.26. The number of rotatable bonds is 7. The first-order valence-corrected chi connectivity index (χ1v) is 10.3. The molecule has 1 aliphatic rings. The molecule has 0 saturated carbocycles. The molecule has 1 amide bonds. The van der Waals surface area contributed by atoms with Gasteiger partial charge in [-0.25, -0.2) is 9.99 Å². The summed E-state index contributed by atoms with van der Waals surface area (Å²) in [4.78, 5) is 17.6. The van der Waals surface area contributed by atoms with Gasteiger partial charge >= 0.3 is 0 Å². The van der Waals surface area contributed by atoms with Gasteiger partial charge in [-0.3, -0.25) is 10.2 Å². The fourth-order valence-electron chi connectivity index (χ4n) is 2.73. The predicted molar refractivity (Wildman–Crippen MR) is 110 cm³/mol. The second-order valence-electron chi connectivity index (χ2n) is 7.13. The molecule has 0 bridgehead atoms. The highest BCUT2D eigenvalue weighted by Gasteiger charge is 2.18. The van der Waals surface area contributed by atoms with Crippen LogP contribution >= 0.6 is 11.3 Å². The molecule has 9 heteroatoms. The Balaban J connectivity index is 1.71. The predicted octanol–water partition coefficient (Wildman–Crippen LogP) is 2.51. The monoisotopic (exact) mass is 415 g/mol. The third-order valence-corrected chi connectivity index (χ3v) is 5.47. The molecule has 0 aliphatic carbocycles. The molecule has 8 nitrogen and oxygen atoms in total. The summed E-state index contributed by atoms with van der Waals surface area (Å²) in [6.07, 6.45) is 0. The molecule has 0 spiro atoms. The van der Waals surface area contributed by atoms with Gasteiger partial charge in [-0.15, -0.1) is 11.3 Å². The third kappa shape index (κ3) is 5.52. The maximum Gasteiger partial charge on any atom is 0.278 e. The van der Waals surface area contributed by atoms with Crippen molar-refractivity contribution in [1.82, 2.24) is 21.0 Å². The largest absolute Gasteiger partial charge is 0.492 e. The van der Waals surface area contributed by atoms with Crippen molar-refractivity contribution >= 4 is 17.2 Å². The van der Waals surface area contributed by atoms with Crippen LogP contribution in [-0.4, -0.2) is 48.8 Å². The minimum Gasteiger partial charge on any atom is -0.492 e. The van der Waals surface area contributed by atoms with Gasteiger partial charge in [0.05, 0.1) is 31.1 Å². The lowest BCUT2D eigenvalue weighted by Crippen LogP contribution is -2.53. The molecule has 0 unspecified atom stereocenters. The number of amides is 1. The molecule has 1 fully saturated rings. The van der Waals surface area contributed by atoms with E-state index in [1.807, 2.05) is 11.1 Å². The number of thiazole rings is 1. The zero-order valence-electron chi connectivity index (χ0n) is 16.8. The van der Waals surface area contributed by atoms with Gasteiger partial charge in [-0.05, 0) is 31.0 Å². The molecule has 1 aromatic carbocycles. The van der Waals surface area contributed by atoms with Crippen molar-refractivity contribution in [1.29, 1.82) is 5.26 Å². The number of nitrogens with one attached hydrogen (secondary N) is 2. The van der Waals surface area contributed by atoms with Crippen molar-refractivity contribution in [2.24, 2.45) is 5.92 Å². The normalized spacial score (nSPS) is 14.6. The molecule has 1 aliphatic heterocycles. The topological polar surface area (TPSA) is 99.5 Å². The number of carbonyl (C=O) groups excluding carboxylic acids is 1. The Kier molecular flexibility index (Phi) is 7.17. The summed E-state index contributed by atoms with van der Waals surface area (Å²) in [5.74, 6) is 0.691. The molecule has 0 radical (unpaired) electrons. The molecule has 2 heterocycles. The first-order chi connectivity index (χ1) is 14.0. The smallest absolute Gasteiger partial charge is 0.278 e. The lowest BCUT2D eigenvalue weighted by molar-refractivity contribution is 0.00227. The number of hydrogen-bond donors (Lipinski definition) is 2. The van der Waals surface area contributed by atoms with Gasteiger partial charge in [-0.2, -0.15) is 10.8 Å². The second-order valence-corrected chi connectivity index (χ2v) is 8.13. The maximum absolute atomic E-state index is 12.5. The number of morpholine rings is 1. The Bertz CT molecular complexity index is 900. The van der Waals surface area contributed by atoms with E-state index in [0.717, 1.165) is 5.56 Å². The van der Waals surface area contributed by atoms with Crippen LogP contribution in [0.2, 0.25) is 0 Å². The van der Waals surface area contributed by atoms with Gasteiger partial charge < -0.3 is 9.47 Å². The zero-order chi connectivity index (χ0) is 20.8. The number of aromatic nitrogens is 1. The highest BCUT2D eigenvalue weighted by atomic mass is 32.1. The van der Waals surface area contributed by atoms with Crippen molar-refractivity contribution in [2.75, 3.05) is 32.9 Å². The summed E-state index contributed by atoms with van der Waals surface area (Å²) >= 11 is 1.29. The van der Waals surface area contributed by atoms with Crippen molar-refractivity contribution in [3.63, 3.8) is 0 Å². The average Bonchev–Trinajstić information content (AvgIpc) is 3.12. The molecule has 154 valence electrons. The van der Waals surface area contributed by atoms with E-state index < -0.39 is 0 Å². The van der Waals surface area contributed by atoms with Crippen LogP contribution in [0.1, 0.15) is 34.8 Å². The van der Waals surface area contributed by atoms with Crippen molar-refractivity contribution in [2.45, 2.75) is 20.8 Å². The maximum atomic E-state index is 12.5. The molecular formula is C20H25N5O3S. The van der Waals surface area contributed by atoms with Crippen molar-refractivity contribution in [3.8, 4) is 22.4 Å². The Labute approximate surface area is 174 Å². The van der Waals surface area contributed by atoms with E-state index in [1.165, 1.54) is 11.3 Å². The van der Waals surface area contributed by atoms with Gasteiger partial charge in [0.25, 0.3) is 5.91 Å². The minimum absolute atomic E-state index is 0.241. The molecule has 1 aromatic heterocycles. The van der Waals surface area contributed by atoms with Gasteiger partial charge in [0.2, 0.25) is 0 Å². The number of benzene rings is 1. The number of aryl methyl sites for hydroxylation is 1. The fourth-order valence-corrected chi connectivity index (χ4v) is 3.68. The molecule has 1 saturated heterocycles. The van der Waals surface area contributed by atoms with Crippen molar-refractivity contribution in [3.05, 3.63) is 34.3 Å². The SMILES string of the molecule is Cc1nc(-c2ccc(OCC(C)C)c(C#N)c2)sc1C(=O)NNN1CCOCC1. The molecule has 0 atom stereocenters. The number of nitriles is 1. The molecule has 2 N–H and O–H groups in total. The average molecular weight is 416 g/mol. The van der Waals surface area contributed by atoms with E-state index in [2.05, 4.69) is 35.9 Å². The number of carbonyl (C=O) groups is 1. The summed E-state index contributed by atoms with van der Waals surface area (Å²) in [5.41, 5.74) is 7.51. The van der Waals surface area contributed by atoms with Gasteiger partial charge in [-0.1, -0.05) is 13.8 Å². The Hall–Kier alpha value is -2.51. The zero-order valence-corrected chi connectivity index (χ0v) is 17.6. The Morgan fingerprint density at radius 1 is 1.41 bits per heavy atom. The van der Waals surface area contributed by atoms with E-state index in [0.29, 0.717) is 65.7 Å². The van der Waals surface area contributed by atoms with Crippen LogP contribution in [0, 0.1) is 24.2 Å². The highest BCUT2D eigenvalue weighted by Crippen LogP contribution is 2.31. The van der Waals surface area contributed by atoms with Gasteiger partial charge in [0, 0.05) is 18.7 Å². The Morgan fingerprint density at radius 3 is 2.86 bits per heavy atom. The van der Waals surface area contributed by atoms with Crippen LogP contribution in [0.15, 0.2) is 18.2 Å². The summed E-state index contributed by atoms with van der Waals surface area (Å²) in [6, 6.07) is 7.58. The number of hydrazine groups is 2. The molecule has 29 heavy (non-hydrogen) atoms.